The van der Waals surface area contributed by atoms with Crippen molar-refractivity contribution in [1.82, 2.24) is 20.2 Å². The first-order valence-electron chi connectivity index (χ1n) is 9.30. The van der Waals surface area contributed by atoms with Crippen LogP contribution in [-0.4, -0.2) is 58.3 Å². The fraction of sp³-hybridized carbons (Fsp3) is 0.350. The van der Waals surface area contributed by atoms with Gasteiger partial charge in [0.1, 0.15) is 5.69 Å². The van der Waals surface area contributed by atoms with Crippen LogP contribution in [-0.2, 0) is 11.2 Å². The van der Waals surface area contributed by atoms with E-state index in [2.05, 4.69) is 15.3 Å². The number of fused-ring (bicyclic) bond motifs is 1. The maximum Gasteiger partial charge on any atom is 0.271 e. The topological polar surface area (TPSA) is 95.5 Å². The van der Waals surface area contributed by atoms with Gasteiger partial charge in [0.15, 0.2) is 0 Å². The maximum absolute atomic E-state index is 12.9. The van der Waals surface area contributed by atoms with E-state index in [0.717, 1.165) is 17.7 Å². The summed E-state index contributed by atoms with van der Waals surface area (Å²) in [5.74, 6) is -0.325. The molecule has 8 heteroatoms. The Kier molecular flexibility index (Phi) is 4.77. The second kappa shape index (κ2) is 7.38. The summed E-state index contributed by atoms with van der Waals surface area (Å²) in [6.07, 6.45) is 5.86. The largest absolute Gasteiger partial charge is 0.346 e. The third kappa shape index (κ3) is 3.45. The second-order valence-corrected chi connectivity index (χ2v) is 7.07. The lowest BCUT2D eigenvalue weighted by molar-refractivity contribution is -0.116. The number of rotatable bonds is 3. The van der Waals surface area contributed by atoms with E-state index in [4.69, 9.17) is 0 Å². The normalized spacial score (nSPS) is 18.1. The van der Waals surface area contributed by atoms with Gasteiger partial charge >= 0.3 is 0 Å². The highest BCUT2D eigenvalue weighted by Gasteiger charge is 2.30. The average molecular weight is 379 g/mol. The zero-order chi connectivity index (χ0) is 19.7. The summed E-state index contributed by atoms with van der Waals surface area (Å²) in [5.41, 5.74) is 2.79. The van der Waals surface area contributed by atoms with Gasteiger partial charge in [0.05, 0.1) is 6.20 Å². The molecule has 4 rings (SSSR count). The summed E-state index contributed by atoms with van der Waals surface area (Å²) < 4.78 is 0. The van der Waals surface area contributed by atoms with Gasteiger partial charge in [-0.05, 0) is 36.6 Å². The molecule has 2 aliphatic heterocycles. The van der Waals surface area contributed by atoms with Crippen molar-refractivity contribution in [3.8, 4) is 0 Å². The Morgan fingerprint density at radius 1 is 1.18 bits per heavy atom. The summed E-state index contributed by atoms with van der Waals surface area (Å²) in [6.45, 7) is 3.25. The van der Waals surface area contributed by atoms with Crippen LogP contribution in [0.4, 0.5) is 5.69 Å². The van der Waals surface area contributed by atoms with Crippen LogP contribution in [0.3, 0.4) is 0 Å². The minimum atomic E-state index is -0.283. The van der Waals surface area contributed by atoms with Gasteiger partial charge in [0.25, 0.3) is 11.8 Å². The van der Waals surface area contributed by atoms with Gasteiger partial charge in [-0.25, -0.2) is 4.98 Å². The van der Waals surface area contributed by atoms with Gasteiger partial charge in [-0.2, -0.15) is 0 Å². The Hall–Kier alpha value is -3.29. The van der Waals surface area contributed by atoms with Gasteiger partial charge in [0, 0.05) is 56.2 Å². The molecule has 0 unspecified atom stereocenters. The van der Waals surface area contributed by atoms with Gasteiger partial charge in [-0.3, -0.25) is 19.4 Å². The molecule has 0 aliphatic carbocycles. The fourth-order valence-corrected chi connectivity index (χ4v) is 3.78. The lowest BCUT2D eigenvalue weighted by atomic mass is 10.1. The van der Waals surface area contributed by atoms with E-state index in [1.165, 1.54) is 18.6 Å². The van der Waals surface area contributed by atoms with Crippen molar-refractivity contribution in [1.29, 1.82) is 0 Å². The summed E-state index contributed by atoms with van der Waals surface area (Å²) in [4.78, 5) is 48.1. The summed E-state index contributed by atoms with van der Waals surface area (Å²) in [6, 6.07) is 5.39. The van der Waals surface area contributed by atoms with E-state index in [0.29, 0.717) is 31.6 Å². The highest BCUT2D eigenvalue weighted by atomic mass is 16.2. The molecule has 1 N–H and O–H groups in total. The van der Waals surface area contributed by atoms with E-state index in [1.54, 1.807) is 22.8 Å². The number of carbonyl (C=O) groups is 3. The first kappa shape index (κ1) is 18.1. The molecule has 28 heavy (non-hydrogen) atoms. The number of hydrogen-bond donors (Lipinski definition) is 1. The molecule has 0 spiro atoms. The molecule has 1 atom stereocenters. The summed E-state index contributed by atoms with van der Waals surface area (Å²) in [5, 5.41) is 2.91. The first-order valence-corrected chi connectivity index (χ1v) is 9.30. The SMILES string of the molecule is CC(=O)N1CCc2cc(C(=O)N3CC[C@@H](NC(=O)c4cnccn4)C3)ccc21. The van der Waals surface area contributed by atoms with Gasteiger partial charge in [-0.1, -0.05) is 0 Å². The quantitative estimate of drug-likeness (QED) is 0.859. The van der Waals surface area contributed by atoms with Gasteiger partial charge in [0.2, 0.25) is 5.91 Å². The molecule has 1 fully saturated rings. The summed E-state index contributed by atoms with van der Waals surface area (Å²) >= 11 is 0. The summed E-state index contributed by atoms with van der Waals surface area (Å²) in [7, 11) is 0. The number of likely N-dealkylation sites (tertiary alicyclic amines) is 1. The van der Waals surface area contributed by atoms with Crippen LogP contribution in [0.2, 0.25) is 0 Å². The third-order valence-electron chi connectivity index (χ3n) is 5.21. The molecule has 1 aromatic heterocycles. The van der Waals surface area contributed by atoms with Crippen LogP contribution in [0.1, 0.15) is 39.8 Å². The van der Waals surface area contributed by atoms with Crippen molar-refractivity contribution < 1.29 is 14.4 Å². The molecule has 0 bridgehead atoms. The molecular formula is C20H21N5O3. The van der Waals surface area contributed by atoms with Crippen LogP contribution in [0, 0.1) is 0 Å². The lowest BCUT2D eigenvalue weighted by Gasteiger charge is -2.18. The number of nitrogens with zero attached hydrogens (tertiary/aromatic N) is 4. The van der Waals surface area contributed by atoms with Crippen LogP contribution in [0.15, 0.2) is 36.8 Å². The highest BCUT2D eigenvalue weighted by molar-refractivity contribution is 5.98. The average Bonchev–Trinajstić information content (AvgIpc) is 3.34. The van der Waals surface area contributed by atoms with E-state index < -0.39 is 0 Å². The van der Waals surface area contributed by atoms with Crippen molar-refractivity contribution in [3.05, 3.63) is 53.6 Å². The van der Waals surface area contributed by atoms with Crippen molar-refractivity contribution in [2.24, 2.45) is 0 Å². The second-order valence-electron chi connectivity index (χ2n) is 7.07. The zero-order valence-electron chi connectivity index (χ0n) is 15.6. The molecule has 2 aliphatic rings. The van der Waals surface area contributed by atoms with E-state index in [-0.39, 0.29) is 29.5 Å². The zero-order valence-corrected chi connectivity index (χ0v) is 15.6. The van der Waals surface area contributed by atoms with Crippen molar-refractivity contribution in [2.75, 3.05) is 24.5 Å². The fourth-order valence-electron chi connectivity index (χ4n) is 3.78. The van der Waals surface area contributed by atoms with E-state index in [1.807, 2.05) is 12.1 Å². The van der Waals surface area contributed by atoms with E-state index >= 15 is 0 Å². The lowest BCUT2D eigenvalue weighted by Crippen LogP contribution is -2.38. The van der Waals surface area contributed by atoms with Crippen molar-refractivity contribution in [2.45, 2.75) is 25.8 Å². The Labute approximate surface area is 162 Å². The predicted octanol–water partition coefficient (Wildman–Crippen LogP) is 1.03. The number of anilines is 1. The molecule has 8 nitrogen and oxygen atoms in total. The van der Waals surface area contributed by atoms with Gasteiger partial charge < -0.3 is 15.1 Å². The number of carbonyl (C=O) groups excluding carboxylic acids is 3. The number of hydrogen-bond acceptors (Lipinski definition) is 5. The monoisotopic (exact) mass is 379 g/mol. The van der Waals surface area contributed by atoms with Crippen LogP contribution in [0.25, 0.3) is 0 Å². The molecule has 0 saturated carbocycles. The van der Waals surface area contributed by atoms with Crippen molar-refractivity contribution in [3.63, 3.8) is 0 Å². The third-order valence-corrected chi connectivity index (χ3v) is 5.21. The smallest absolute Gasteiger partial charge is 0.271 e. The van der Waals surface area contributed by atoms with Crippen molar-refractivity contribution >= 4 is 23.4 Å². The molecule has 1 aromatic carbocycles. The van der Waals surface area contributed by atoms with Gasteiger partial charge in [-0.15, -0.1) is 0 Å². The molecule has 0 radical (unpaired) electrons. The van der Waals surface area contributed by atoms with Crippen LogP contribution in [0.5, 0.6) is 0 Å². The number of benzene rings is 1. The number of amides is 3. The molecular weight excluding hydrogens is 358 g/mol. The number of aromatic nitrogens is 2. The van der Waals surface area contributed by atoms with E-state index in [9.17, 15) is 14.4 Å². The predicted molar refractivity (Wildman–Crippen MR) is 102 cm³/mol. The Balaban J connectivity index is 1.40. The molecule has 144 valence electrons. The Morgan fingerprint density at radius 3 is 2.79 bits per heavy atom. The first-order chi connectivity index (χ1) is 13.5. The minimum absolute atomic E-state index is 0.0130. The molecule has 2 aromatic rings. The van der Waals surface area contributed by atoms with Crippen LogP contribution < -0.4 is 10.2 Å². The minimum Gasteiger partial charge on any atom is -0.346 e. The van der Waals surface area contributed by atoms with Crippen LogP contribution >= 0.6 is 0 Å². The Bertz CT molecular complexity index is 931. The number of nitrogens with one attached hydrogen (secondary N) is 1. The molecule has 3 heterocycles. The molecule has 1 saturated heterocycles. The molecule has 3 amide bonds. The highest BCUT2D eigenvalue weighted by Crippen LogP contribution is 2.29. The Morgan fingerprint density at radius 2 is 2.04 bits per heavy atom. The maximum atomic E-state index is 12.9. The standard InChI is InChI=1S/C20H21N5O3/c1-13(26)25-9-4-14-10-15(2-3-18(14)25)20(28)24-8-5-16(12-24)23-19(27)17-11-21-6-7-22-17/h2-3,6-7,10-11,16H,4-5,8-9,12H2,1H3,(H,23,27)/t16-/m1/s1.